The van der Waals surface area contributed by atoms with Crippen LogP contribution in [0.3, 0.4) is 0 Å². The lowest BCUT2D eigenvalue weighted by Crippen LogP contribution is -2.42. The minimum Gasteiger partial charge on any atom is -0.390 e. The van der Waals surface area contributed by atoms with Gasteiger partial charge in [0.15, 0.2) is 6.29 Å². The Balaban J connectivity index is 2.12. The first-order valence-electron chi connectivity index (χ1n) is 5.08. The fourth-order valence-electron chi connectivity index (χ4n) is 1.95. The maximum Gasteiger partial charge on any atom is 0.158 e. The second-order valence-corrected chi connectivity index (χ2v) is 3.94. The summed E-state index contributed by atoms with van der Waals surface area (Å²) < 4.78 is 18.1. The molecular formula is C9H16O3. The zero-order valence-electron chi connectivity index (χ0n) is 8.43. The minimum atomic E-state index is -0.705. The van der Waals surface area contributed by atoms with Crippen LogP contribution in [0.15, 0.2) is 0 Å². The van der Waals surface area contributed by atoms with Gasteiger partial charge in [-0.2, -0.15) is 0 Å². The SMILES string of the molecule is [2H][C@@H]1O[C@@H]2C[C@@H](C(C)C)[C@H](O)[C@H]1O2. The van der Waals surface area contributed by atoms with Crippen LogP contribution >= 0.6 is 0 Å². The van der Waals surface area contributed by atoms with Gasteiger partial charge in [0.2, 0.25) is 0 Å². The third kappa shape index (κ3) is 1.26. The van der Waals surface area contributed by atoms with E-state index in [9.17, 15) is 5.11 Å². The molecule has 2 rings (SSSR count). The summed E-state index contributed by atoms with van der Waals surface area (Å²) in [6, 6.07) is 0. The highest BCUT2D eigenvalue weighted by Gasteiger charge is 2.43. The Bertz CT molecular complexity index is 197. The van der Waals surface area contributed by atoms with Crippen LogP contribution in [-0.4, -0.2) is 30.2 Å². The molecule has 2 aliphatic heterocycles. The molecule has 2 aliphatic rings. The molecule has 0 unspecified atom stereocenters. The van der Waals surface area contributed by atoms with Crippen LogP contribution in [0.25, 0.3) is 0 Å². The van der Waals surface area contributed by atoms with E-state index in [4.69, 9.17) is 10.8 Å². The molecular weight excluding hydrogens is 156 g/mol. The van der Waals surface area contributed by atoms with Crippen LogP contribution in [0.1, 0.15) is 21.6 Å². The van der Waals surface area contributed by atoms with Gasteiger partial charge in [0, 0.05) is 6.42 Å². The molecule has 2 saturated heterocycles. The van der Waals surface area contributed by atoms with E-state index >= 15 is 0 Å². The van der Waals surface area contributed by atoms with E-state index in [0.717, 1.165) is 0 Å². The van der Waals surface area contributed by atoms with Crippen molar-refractivity contribution in [3.05, 3.63) is 0 Å². The molecule has 2 heterocycles. The fourth-order valence-corrected chi connectivity index (χ4v) is 1.95. The predicted octanol–water partition coefficient (Wildman–Crippen LogP) is 0.765. The van der Waals surface area contributed by atoms with Crippen molar-refractivity contribution in [2.75, 3.05) is 6.58 Å². The molecule has 12 heavy (non-hydrogen) atoms. The summed E-state index contributed by atoms with van der Waals surface area (Å²) in [7, 11) is 0. The standard InChI is InChI=1S/C9H16O3/c1-5(2)6-3-8-11-4-7(12-8)9(6)10/h5-10H,3-4H2,1-2H3/t6-,7-,8-,9-/m0/s1/i4D/t4-,6-,7-,8-,9-. The Hall–Kier alpha value is -0.120. The second-order valence-electron chi connectivity index (χ2n) is 3.94. The molecule has 0 spiro atoms. The van der Waals surface area contributed by atoms with Crippen LogP contribution < -0.4 is 0 Å². The number of fused-ring (bicyclic) bond motifs is 2. The second kappa shape index (κ2) is 2.98. The van der Waals surface area contributed by atoms with Crippen molar-refractivity contribution < 1.29 is 16.0 Å². The molecule has 0 aromatic rings. The summed E-state index contributed by atoms with van der Waals surface area (Å²) in [6.45, 7) is 3.46. The Kier molecular flexibility index (Phi) is 1.81. The summed E-state index contributed by atoms with van der Waals surface area (Å²) in [4.78, 5) is 0. The average Bonchev–Trinajstić information content (AvgIpc) is 2.36. The molecule has 2 fully saturated rings. The quantitative estimate of drug-likeness (QED) is 0.636. The monoisotopic (exact) mass is 173 g/mol. The highest BCUT2D eigenvalue weighted by Crippen LogP contribution is 2.35. The first-order chi connectivity index (χ1) is 6.09. The lowest BCUT2D eigenvalue weighted by atomic mass is 9.84. The van der Waals surface area contributed by atoms with Crippen molar-refractivity contribution in [3.63, 3.8) is 0 Å². The molecule has 0 saturated carbocycles. The van der Waals surface area contributed by atoms with Gasteiger partial charge in [-0.1, -0.05) is 13.8 Å². The third-order valence-electron chi connectivity index (χ3n) is 2.77. The predicted molar refractivity (Wildman–Crippen MR) is 43.6 cm³/mol. The highest BCUT2D eigenvalue weighted by molar-refractivity contribution is 4.87. The van der Waals surface area contributed by atoms with Crippen LogP contribution in [0.5, 0.6) is 0 Å². The van der Waals surface area contributed by atoms with Gasteiger partial charge < -0.3 is 14.6 Å². The average molecular weight is 173 g/mol. The molecule has 0 aromatic heterocycles. The Morgan fingerprint density at radius 1 is 1.58 bits per heavy atom. The van der Waals surface area contributed by atoms with Crippen LogP contribution in [-0.2, 0) is 9.47 Å². The fraction of sp³-hybridized carbons (Fsp3) is 1.00. The lowest BCUT2D eigenvalue weighted by Gasteiger charge is -2.34. The Labute approximate surface area is 74.1 Å². The van der Waals surface area contributed by atoms with Gasteiger partial charge in [0.25, 0.3) is 0 Å². The lowest BCUT2D eigenvalue weighted by molar-refractivity contribution is -0.151. The van der Waals surface area contributed by atoms with Crippen LogP contribution in [0.2, 0.25) is 0 Å². The topological polar surface area (TPSA) is 38.7 Å². The van der Waals surface area contributed by atoms with Crippen molar-refractivity contribution >= 4 is 0 Å². The summed E-state index contributed by atoms with van der Waals surface area (Å²) in [5, 5.41) is 9.87. The van der Waals surface area contributed by atoms with Crippen molar-refractivity contribution in [2.24, 2.45) is 11.8 Å². The van der Waals surface area contributed by atoms with Crippen LogP contribution in [0, 0.1) is 11.8 Å². The molecule has 0 aromatic carbocycles. The first-order valence-corrected chi connectivity index (χ1v) is 4.51. The smallest absolute Gasteiger partial charge is 0.158 e. The summed E-state index contributed by atoms with van der Waals surface area (Å²) >= 11 is 0. The molecule has 2 bridgehead atoms. The number of aliphatic hydroxyl groups excluding tert-OH is 1. The van der Waals surface area contributed by atoms with Gasteiger partial charge in [-0.15, -0.1) is 0 Å². The molecule has 3 nitrogen and oxygen atoms in total. The number of hydrogen-bond acceptors (Lipinski definition) is 3. The molecule has 1 N–H and O–H groups in total. The number of aliphatic hydroxyl groups is 1. The molecule has 0 aliphatic carbocycles. The normalized spacial score (nSPS) is 54.3. The zero-order chi connectivity index (χ0) is 9.59. The van der Waals surface area contributed by atoms with E-state index in [1.54, 1.807) is 0 Å². The van der Waals surface area contributed by atoms with Gasteiger partial charge in [0.1, 0.15) is 6.10 Å². The number of hydrogen-bond donors (Lipinski definition) is 1. The summed E-state index contributed by atoms with van der Waals surface area (Å²) in [6.07, 6.45) is -0.527. The molecule has 70 valence electrons. The van der Waals surface area contributed by atoms with E-state index in [0.29, 0.717) is 12.3 Å². The van der Waals surface area contributed by atoms with E-state index in [2.05, 4.69) is 13.8 Å². The van der Waals surface area contributed by atoms with Gasteiger partial charge in [0.05, 0.1) is 14.1 Å². The first kappa shape index (κ1) is 7.30. The van der Waals surface area contributed by atoms with Crippen LogP contribution in [0.4, 0.5) is 0 Å². The molecule has 0 radical (unpaired) electrons. The van der Waals surface area contributed by atoms with Gasteiger partial charge in [-0.05, 0) is 11.8 Å². The Morgan fingerprint density at radius 3 is 3.00 bits per heavy atom. The highest BCUT2D eigenvalue weighted by atomic mass is 16.7. The van der Waals surface area contributed by atoms with E-state index in [-0.39, 0.29) is 12.2 Å². The molecule has 0 amide bonds. The minimum absolute atomic E-state index is 0.207. The van der Waals surface area contributed by atoms with Crippen molar-refractivity contribution in [3.8, 4) is 0 Å². The zero-order valence-corrected chi connectivity index (χ0v) is 7.43. The van der Waals surface area contributed by atoms with Gasteiger partial charge in [-0.25, -0.2) is 0 Å². The summed E-state index contributed by atoms with van der Waals surface area (Å²) in [5.41, 5.74) is 0. The third-order valence-corrected chi connectivity index (χ3v) is 2.77. The maximum atomic E-state index is 9.87. The molecule has 3 heteroatoms. The number of rotatable bonds is 1. The molecule has 5 atom stereocenters. The van der Waals surface area contributed by atoms with Crippen molar-refractivity contribution in [2.45, 2.75) is 38.8 Å². The van der Waals surface area contributed by atoms with Gasteiger partial charge >= 0.3 is 0 Å². The van der Waals surface area contributed by atoms with Crippen molar-refractivity contribution in [1.29, 1.82) is 0 Å². The van der Waals surface area contributed by atoms with E-state index < -0.39 is 18.8 Å². The van der Waals surface area contributed by atoms with Gasteiger partial charge in [-0.3, -0.25) is 0 Å². The number of ether oxygens (including phenoxy) is 2. The largest absolute Gasteiger partial charge is 0.390 e. The summed E-state index contributed by atoms with van der Waals surface area (Å²) in [5.74, 6) is 0.622. The van der Waals surface area contributed by atoms with Crippen molar-refractivity contribution in [1.82, 2.24) is 0 Å². The maximum absolute atomic E-state index is 9.87. The van der Waals surface area contributed by atoms with E-state index in [1.165, 1.54) is 0 Å². The Morgan fingerprint density at radius 2 is 2.33 bits per heavy atom. The van der Waals surface area contributed by atoms with E-state index in [1.807, 2.05) is 0 Å².